The fraction of sp³-hybridized carbons (Fsp3) is 0.904. The molecule has 7 atom stereocenters. The molecule has 9 heteroatoms. The summed E-state index contributed by atoms with van der Waals surface area (Å²) < 4.78 is 11.2. The van der Waals surface area contributed by atoms with Crippen LogP contribution in [0, 0.1) is 0 Å². The summed E-state index contributed by atoms with van der Waals surface area (Å²) in [6, 6.07) is -0.817. The van der Waals surface area contributed by atoms with Crippen molar-refractivity contribution >= 4 is 5.91 Å². The average Bonchev–Trinajstić information content (AvgIpc) is 3.26. The summed E-state index contributed by atoms with van der Waals surface area (Å²) in [7, 11) is 0. The molecule has 1 aliphatic rings. The number of carbonyl (C=O) groups is 1. The maximum absolute atomic E-state index is 13.0. The first-order valence-electron chi connectivity index (χ1n) is 26.1. The first-order valence-corrected chi connectivity index (χ1v) is 26.1. The van der Waals surface area contributed by atoms with Crippen LogP contribution >= 0.6 is 0 Å². The molecule has 61 heavy (non-hydrogen) atoms. The van der Waals surface area contributed by atoms with Gasteiger partial charge in [-0.15, -0.1) is 0 Å². The highest BCUT2D eigenvalue weighted by Gasteiger charge is 2.44. The molecule has 0 aliphatic carbocycles. The summed E-state index contributed by atoms with van der Waals surface area (Å²) in [5.74, 6) is -0.182. The van der Waals surface area contributed by atoms with E-state index in [0.29, 0.717) is 6.42 Å². The Bertz CT molecular complexity index is 1010. The van der Waals surface area contributed by atoms with Gasteiger partial charge in [-0.3, -0.25) is 4.79 Å². The smallest absolute Gasteiger partial charge is 0.220 e. The number of carbonyl (C=O) groups excluding carboxylic acids is 1. The van der Waals surface area contributed by atoms with Gasteiger partial charge in [-0.2, -0.15) is 0 Å². The molecule has 0 saturated carbocycles. The molecule has 0 aromatic heterocycles. The number of hydrogen-bond acceptors (Lipinski definition) is 8. The molecule has 1 amide bonds. The first kappa shape index (κ1) is 57.7. The zero-order chi connectivity index (χ0) is 44.4. The van der Waals surface area contributed by atoms with Crippen molar-refractivity contribution < 1.29 is 39.8 Å². The number of amides is 1. The van der Waals surface area contributed by atoms with Gasteiger partial charge in [0.25, 0.3) is 0 Å². The van der Waals surface area contributed by atoms with Gasteiger partial charge in [0.1, 0.15) is 24.4 Å². The van der Waals surface area contributed by atoms with Gasteiger partial charge in [-0.25, -0.2) is 0 Å². The minimum atomic E-state index is -1.57. The van der Waals surface area contributed by atoms with Crippen LogP contribution in [0.25, 0.3) is 0 Å². The predicted octanol–water partition coefficient (Wildman–Crippen LogP) is 11.8. The monoisotopic (exact) mass is 866 g/mol. The second kappa shape index (κ2) is 42.6. The van der Waals surface area contributed by atoms with Gasteiger partial charge in [0.05, 0.1) is 25.4 Å². The molecule has 7 unspecified atom stereocenters. The zero-order valence-electron chi connectivity index (χ0n) is 39.7. The van der Waals surface area contributed by atoms with Crippen LogP contribution in [0.4, 0.5) is 0 Å². The van der Waals surface area contributed by atoms with Crippen LogP contribution in [0.2, 0.25) is 0 Å². The molecule has 9 nitrogen and oxygen atoms in total. The summed E-state index contributed by atoms with van der Waals surface area (Å²) in [6.07, 6.45) is 45.2. The summed E-state index contributed by atoms with van der Waals surface area (Å²) >= 11 is 0. The van der Waals surface area contributed by atoms with Crippen molar-refractivity contribution in [3.63, 3.8) is 0 Å². The molecular weight excluding hydrogens is 767 g/mol. The molecule has 6 N–H and O–H groups in total. The SMILES string of the molecule is CCCCCCCCCCCC/C=C/CC/C=C/C(O)C(COC1OC(CO)C(O)C(O)C1O)NC(=O)CCCCCCCCCCCCCCCCCCCCCCCC. The van der Waals surface area contributed by atoms with Crippen molar-refractivity contribution in [2.75, 3.05) is 13.2 Å². The maximum atomic E-state index is 13.0. The minimum Gasteiger partial charge on any atom is -0.394 e. The lowest BCUT2D eigenvalue weighted by atomic mass is 9.99. The molecule has 0 bridgehead atoms. The number of rotatable bonds is 44. The highest BCUT2D eigenvalue weighted by Crippen LogP contribution is 2.23. The second-order valence-electron chi connectivity index (χ2n) is 18.3. The number of hydrogen-bond donors (Lipinski definition) is 6. The van der Waals surface area contributed by atoms with Gasteiger partial charge in [0, 0.05) is 6.42 Å². The number of unbranched alkanes of at least 4 members (excludes halogenated alkanes) is 32. The average molecular weight is 866 g/mol. The Morgan fingerprint density at radius 1 is 0.541 bits per heavy atom. The molecule has 1 fully saturated rings. The molecule has 1 aliphatic heterocycles. The van der Waals surface area contributed by atoms with E-state index >= 15 is 0 Å². The predicted molar refractivity (Wildman–Crippen MR) is 253 cm³/mol. The fourth-order valence-electron chi connectivity index (χ4n) is 8.35. The highest BCUT2D eigenvalue weighted by atomic mass is 16.7. The number of aliphatic hydroxyl groups excluding tert-OH is 5. The summed E-state index contributed by atoms with van der Waals surface area (Å²) in [4.78, 5) is 13.0. The van der Waals surface area contributed by atoms with E-state index < -0.39 is 49.5 Å². The van der Waals surface area contributed by atoms with Gasteiger partial charge < -0.3 is 40.3 Å². The molecule has 1 saturated heterocycles. The summed E-state index contributed by atoms with van der Waals surface area (Å²) in [5, 5.41) is 54.3. The Labute approximate surface area is 375 Å². The van der Waals surface area contributed by atoms with Crippen molar-refractivity contribution in [3.8, 4) is 0 Å². The molecular formula is C52H99NO8. The van der Waals surface area contributed by atoms with Crippen molar-refractivity contribution in [1.82, 2.24) is 5.32 Å². The molecule has 360 valence electrons. The Hall–Kier alpha value is -1.33. The Morgan fingerprint density at radius 2 is 0.934 bits per heavy atom. The van der Waals surface area contributed by atoms with Crippen LogP contribution in [0.5, 0.6) is 0 Å². The Balaban J connectivity index is 2.28. The lowest BCUT2D eigenvalue weighted by Gasteiger charge is -2.40. The van der Waals surface area contributed by atoms with E-state index in [1.807, 2.05) is 6.08 Å². The first-order chi connectivity index (χ1) is 29.8. The van der Waals surface area contributed by atoms with E-state index in [4.69, 9.17) is 9.47 Å². The van der Waals surface area contributed by atoms with Crippen LogP contribution < -0.4 is 5.32 Å². The van der Waals surface area contributed by atoms with Crippen LogP contribution in [-0.2, 0) is 14.3 Å². The third-order valence-electron chi connectivity index (χ3n) is 12.5. The number of nitrogens with one attached hydrogen (secondary N) is 1. The van der Waals surface area contributed by atoms with E-state index in [-0.39, 0.29) is 12.5 Å². The van der Waals surface area contributed by atoms with Gasteiger partial charge in [-0.1, -0.05) is 231 Å². The van der Waals surface area contributed by atoms with E-state index in [2.05, 4.69) is 31.3 Å². The maximum Gasteiger partial charge on any atom is 0.220 e. The molecule has 0 radical (unpaired) electrons. The fourth-order valence-corrected chi connectivity index (χ4v) is 8.35. The quantitative estimate of drug-likeness (QED) is 0.0262. The van der Waals surface area contributed by atoms with Gasteiger partial charge in [0.15, 0.2) is 6.29 Å². The molecule has 0 aromatic carbocycles. The minimum absolute atomic E-state index is 0.182. The topological polar surface area (TPSA) is 149 Å². The molecule has 1 rings (SSSR count). The normalized spacial score (nSPS) is 20.5. The molecule has 1 heterocycles. The van der Waals surface area contributed by atoms with Crippen molar-refractivity contribution in [2.45, 2.75) is 288 Å². The second-order valence-corrected chi connectivity index (χ2v) is 18.3. The molecule has 0 aromatic rings. The third-order valence-corrected chi connectivity index (χ3v) is 12.5. The zero-order valence-corrected chi connectivity index (χ0v) is 39.7. The number of aliphatic hydroxyl groups is 5. The van der Waals surface area contributed by atoms with Crippen LogP contribution in [0.3, 0.4) is 0 Å². The summed E-state index contributed by atoms with van der Waals surface area (Å²) in [6.45, 7) is 3.78. The van der Waals surface area contributed by atoms with E-state index in [1.165, 1.54) is 186 Å². The van der Waals surface area contributed by atoms with E-state index in [9.17, 15) is 30.3 Å². The van der Waals surface area contributed by atoms with Gasteiger partial charge in [-0.05, 0) is 32.1 Å². The number of allylic oxidation sites excluding steroid dienone is 3. The largest absolute Gasteiger partial charge is 0.394 e. The van der Waals surface area contributed by atoms with Crippen LogP contribution in [0.1, 0.15) is 245 Å². The van der Waals surface area contributed by atoms with Crippen molar-refractivity contribution in [2.24, 2.45) is 0 Å². The standard InChI is InChI=1S/C52H99NO8/c1-3-5-7-9-11-13-15-17-19-21-22-23-24-25-26-28-30-32-34-36-38-40-42-48(56)53-45(44-60-52-51(59)50(58)49(57)47(43-54)61-52)46(55)41-39-37-35-33-31-29-27-20-18-16-14-12-10-8-6-4-2/h31,33,39,41,45-47,49-52,54-55,57-59H,3-30,32,34-38,40,42-44H2,1-2H3,(H,53,56)/b33-31+,41-39+. The van der Waals surface area contributed by atoms with E-state index in [0.717, 1.165) is 38.5 Å². The van der Waals surface area contributed by atoms with E-state index in [1.54, 1.807) is 6.08 Å². The summed E-state index contributed by atoms with van der Waals surface area (Å²) in [5.41, 5.74) is 0. The van der Waals surface area contributed by atoms with Crippen molar-refractivity contribution in [1.29, 1.82) is 0 Å². The Kier molecular flexibility index (Phi) is 40.3. The number of ether oxygens (including phenoxy) is 2. The van der Waals surface area contributed by atoms with Crippen LogP contribution in [-0.4, -0.2) is 87.5 Å². The lowest BCUT2D eigenvalue weighted by Crippen LogP contribution is -2.60. The highest BCUT2D eigenvalue weighted by molar-refractivity contribution is 5.76. The lowest BCUT2D eigenvalue weighted by molar-refractivity contribution is -0.302. The van der Waals surface area contributed by atoms with Crippen LogP contribution in [0.15, 0.2) is 24.3 Å². The Morgan fingerprint density at radius 3 is 1.38 bits per heavy atom. The van der Waals surface area contributed by atoms with Crippen molar-refractivity contribution in [3.05, 3.63) is 24.3 Å². The third kappa shape index (κ3) is 32.9. The van der Waals surface area contributed by atoms with Gasteiger partial charge in [0.2, 0.25) is 5.91 Å². The van der Waals surface area contributed by atoms with Gasteiger partial charge >= 0.3 is 0 Å². The molecule has 0 spiro atoms.